The number of azide groups is 1. The van der Waals surface area contributed by atoms with Gasteiger partial charge in [-0.05, 0) is 24.3 Å². The summed E-state index contributed by atoms with van der Waals surface area (Å²) in [5.74, 6) is 0.0783. The van der Waals surface area contributed by atoms with E-state index in [1.807, 2.05) is 20.8 Å². The monoisotopic (exact) mass is 241 g/mol. The van der Waals surface area contributed by atoms with Gasteiger partial charge in [-0.2, -0.15) is 0 Å². The van der Waals surface area contributed by atoms with Crippen molar-refractivity contribution in [2.75, 3.05) is 6.61 Å². The van der Waals surface area contributed by atoms with Crippen LogP contribution in [0.1, 0.15) is 27.7 Å². The van der Waals surface area contributed by atoms with Gasteiger partial charge < -0.3 is 9.47 Å². The molecular weight excluding hydrogens is 222 g/mol. The number of ether oxygens (including phenoxy) is 2. The van der Waals surface area contributed by atoms with E-state index in [0.29, 0.717) is 0 Å². The van der Waals surface area contributed by atoms with Crippen LogP contribution in [-0.4, -0.2) is 30.8 Å². The third-order valence-electron chi connectivity index (χ3n) is 3.46. The van der Waals surface area contributed by atoms with Gasteiger partial charge in [0.25, 0.3) is 0 Å². The van der Waals surface area contributed by atoms with Crippen molar-refractivity contribution in [2.24, 2.45) is 17.0 Å². The Kier molecular flexibility index (Phi) is 4.78. The molecule has 2 unspecified atom stereocenters. The third kappa shape index (κ3) is 3.35. The van der Waals surface area contributed by atoms with Gasteiger partial charge in [-0.25, -0.2) is 0 Å². The summed E-state index contributed by atoms with van der Waals surface area (Å²) in [6.45, 7) is 7.56. The Morgan fingerprint density at radius 3 is 2.59 bits per heavy atom. The molecule has 0 spiro atoms. The molecule has 1 rings (SSSR count). The highest BCUT2D eigenvalue weighted by molar-refractivity contribution is 5.65. The largest absolute Gasteiger partial charge is 0.463 e. The van der Waals surface area contributed by atoms with Gasteiger partial charge >= 0.3 is 5.97 Å². The summed E-state index contributed by atoms with van der Waals surface area (Å²) in [7, 11) is 0. The lowest BCUT2D eigenvalue weighted by atomic mass is 9.80. The van der Waals surface area contributed by atoms with Gasteiger partial charge in [-0.1, -0.05) is 19.0 Å². The van der Waals surface area contributed by atoms with Crippen molar-refractivity contribution in [3.05, 3.63) is 10.4 Å². The van der Waals surface area contributed by atoms with Crippen LogP contribution in [0.25, 0.3) is 10.4 Å². The van der Waals surface area contributed by atoms with E-state index in [0.717, 1.165) is 0 Å². The molecule has 5 atom stereocenters. The predicted molar refractivity (Wildman–Crippen MR) is 62.2 cm³/mol. The topological polar surface area (TPSA) is 84.3 Å². The molecule has 0 aromatic heterocycles. The maximum atomic E-state index is 10.8. The van der Waals surface area contributed by atoms with Crippen LogP contribution in [0.4, 0.5) is 0 Å². The van der Waals surface area contributed by atoms with E-state index in [4.69, 9.17) is 15.0 Å². The molecule has 1 saturated heterocycles. The number of esters is 1. The minimum Gasteiger partial charge on any atom is -0.463 e. The molecule has 96 valence electrons. The highest BCUT2D eigenvalue weighted by Crippen LogP contribution is 2.32. The van der Waals surface area contributed by atoms with Crippen molar-refractivity contribution in [3.8, 4) is 0 Å². The quantitative estimate of drug-likeness (QED) is 0.329. The maximum absolute atomic E-state index is 10.8. The Morgan fingerprint density at radius 2 is 2.06 bits per heavy atom. The van der Waals surface area contributed by atoms with Crippen LogP contribution >= 0.6 is 0 Å². The van der Waals surface area contributed by atoms with Crippen LogP contribution in [0.15, 0.2) is 5.11 Å². The van der Waals surface area contributed by atoms with Gasteiger partial charge in [0.15, 0.2) is 0 Å². The second-order valence-electron chi connectivity index (χ2n) is 4.60. The lowest BCUT2D eigenvalue weighted by Crippen LogP contribution is -2.48. The summed E-state index contributed by atoms with van der Waals surface area (Å²) in [5, 5.41) is 3.77. The van der Waals surface area contributed by atoms with E-state index in [-0.39, 0.29) is 42.7 Å². The molecule has 0 aliphatic carbocycles. The minimum absolute atomic E-state index is 0.131. The molecule has 0 bridgehead atoms. The Morgan fingerprint density at radius 1 is 1.41 bits per heavy atom. The molecule has 17 heavy (non-hydrogen) atoms. The zero-order valence-electron chi connectivity index (χ0n) is 10.7. The number of hydrogen-bond acceptors (Lipinski definition) is 4. The zero-order chi connectivity index (χ0) is 13.0. The molecule has 6 heteroatoms. The van der Waals surface area contributed by atoms with Crippen LogP contribution in [0.3, 0.4) is 0 Å². The Bertz CT molecular complexity index is 328. The smallest absolute Gasteiger partial charge is 0.302 e. The molecule has 0 amide bonds. The maximum Gasteiger partial charge on any atom is 0.302 e. The van der Waals surface area contributed by atoms with E-state index in [9.17, 15) is 4.79 Å². The summed E-state index contributed by atoms with van der Waals surface area (Å²) >= 11 is 0. The molecule has 1 aliphatic rings. The zero-order valence-corrected chi connectivity index (χ0v) is 10.7. The van der Waals surface area contributed by atoms with E-state index >= 15 is 0 Å². The summed E-state index contributed by atoms with van der Waals surface area (Å²) in [4.78, 5) is 13.6. The molecule has 6 nitrogen and oxygen atoms in total. The van der Waals surface area contributed by atoms with Crippen LogP contribution in [0.2, 0.25) is 0 Å². The molecule has 0 aromatic carbocycles. The first-order valence-electron chi connectivity index (χ1n) is 5.80. The van der Waals surface area contributed by atoms with Gasteiger partial charge in [0.05, 0.1) is 18.2 Å². The fourth-order valence-corrected chi connectivity index (χ4v) is 2.21. The van der Waals surface area contributed by atoms with Gasteiger partial charge in [-0.15, -0.1) is 0 Å². The van der Waals surface area contributed by atoms with E-state index in [2.05, 4.69) is 10.0 Å². The fraction of sp³-hybridized carbons (Fsp3) is 0.909. The first kappa shape index (κ1) is 13.8. The van der Waals surface area contributed by atoms with Crippen molar-refractivity contribution >= 4 is 5.97 Å². The summed E-state index contributed by atoms with van der Waals surface area (Å²) in [5.41, 5.74) is 8.52. The number of carbonyl (C=O) groups is 1. The van der Waals surface area contributed by atoms with Crippen LogP contribution in [0.5, 0.6) is 0 Å². The molecular formula is C11H19N3O3. The first-order valence-corrected chi connectivity index (χ1v) is 5.80. The van der Waals surface area contributed by atoms with Crippen LogP contribution in [-0.2, 0) is 14.3 Å². The number of hydrogen-bond donors (Lipinski definition) is 0. The van der Waals surface area contributed by atoms with E-state index in [1.165, 1.54) is 6.92 Å². The number of nitrogens with zero attached hydrogens (tertiary/aromatic N) is 3. The lowest BCUT2D eigenvalue weighted by molar-refractivity contribution is -0.158. The average molecular weight is 241 g/mol. The van der Waals surface area contributed by atoms with Crippen molar-refractivity contribution in [2.45, 2.75) is 45.9 Å². The third-order valence-corrected chi connectivity index (χ3v) is 3.46. The van der Waals surface area contributed by atoms with Gasteiger partial charge in [-0.3, -0.25) is 4.79 Å². The van der Waals surface area contributed by atoms with Gasteiger partial charge in [0.1, 0.15) is 6.61 Å². The van der Waals surface area contributed by atoms with Gasteiger partial charge in [0, 0.05) is 11.8 Å². The highest BCUT2D eigenvalue weighted by atomic mass is 16.6. The summed E-state index contributed by atoms with van der Waals surface area (Å²) in [6.07, 6.45) is -0.285. The highest BCUT2D eigenvalue weighted by Gasteiger charge is 2.39. The summed E-state index contributed by atoms with van der Waals surface area (Å²) in [6, 6.07) is -0.163. The fourth-order valence-electron chi connectivity index (χ4n) is 2.21. The second kappa shape index (κ2) is 5.89. The normalized spacial score (nSPS) is 37.1. The molecule has 1 aliphatic heterocycles. The molecule has 1 heterocycles. The molecule has 0 radical (unpaired) electrons. The molecule has 1 fully saturated rings. The second-order valence-corrected chi connectivity index (χ2v) is 4.60. The van der Waals surface area contributed by atoms with Crippen LogP contribution in [0, 0.1) is 11.8 Å². The molecule has 0 N–H and O–H groups in total. The average Bonchev–Trinajstić information content (AvgIpc) is 2.27. The van der Waals surface area contributed by atoms with Crippen molar-refractivity contribution in [1.29, 1.82) is 0 Å². The van der Waals surface area contributed by atoms with E-state index in [1.54, 1.807) is 0 Å². The molecule has 0 aromatic rings. The SMILES string of the molecule is CC(=O)OCC1O[C@H](C)C(N=[N+]=[N-])[C@@H](C)[C@@H]1C. The Labute approximate surface area is 101 Å². The minimum atomic E-state index is -0.307. The Hall–Kier alpha value is -1.26. The van der Waals surface area contributed by atoms with Crippen molar-refractivity contribution in [1.82, 2.24) is 0 Å². The Balaban J connectivity index is 2.68. The molecule has 0 saturated carbocycles. The number of rotatable bonds is 3. The summed E-state index contributed by atoms with van der Waals surface area (Å²) < 4.78 is 10.7. The predicted octanol–water partition coefficient (Wildman–Crippen LogP) is 2.29. The van der Waals surface area contributed by atoms with Crippen LogP contribution < -0.4 is 0 Å². The number of carbonyl (C=O) groups excluding carboxylic acids is 1. The first-order chi connectivity index (χ1) is 7.97. The van der Waals surface area contributed by atoms with Gasteiger partial charge in [0.2, 0.25) is 0 Å². The lowest BCUT2D eigenvalue weighted by Gasteiger charge is -2.41. The van der Waals surface area contributed by atoms with Crippen molar-refractivity contribution in [3.63, 3.8) is 0 Å². The van der Waals surface area contributed by atoms with Crippen molar-refractivity contribution < 1.29 is 14.3 Å². The standard InChI is InChI=1S/C11H19N3O3/c1-6-7(2)11(13-14-12)8(3)17-10(6)5-16-9(4)15/h6-8,10-11H,5H2,1-4H3/t6-,7-,8+,10?,11?/m0/s1. The van der Waals surface area contributed by atoms with E-state index < -0.39 is 0 Å².